The number of sulfonamides is 1. The number of aryl methyl sites for hydroxylation is 3. The zero-order chi connectivity index (χ0) is 24.2. The highest BCUT2D eigenvalue weighted by molar-refractivity contribution is 7.89. The van der Waals surface area contributed by atoms with Crippen LogP contribution in [-0.4, -0.2) is 58.5 Å². The average molecular weight is 479 g/mol. The molecule has 3 heterocycles. The zero-order valence-corrected chi connectivity index (χ0v) is 19.6. The molecule has 5 N–H and O–H groups in total. The summed E-state index contributed by atoms with van der Waals surface area (Å²) in [6.07, 6.45) is 3.75. The second-order valence-electron chi connectivity index (χ2n) is 8.60. The number of nitrogens with zero attached hydrogens (tertiary/aromatic N) is 3. The van der Waals surface area contributed by atoms with Gasteiger partial charge in [0.05, 0.1) is 17.0 Å². The molecular formula is C21H30N6O5S. The van der Waals surface area contributed by atoms with Crippen molar-refractivity contribution in [2.24, 2.45) is 11.7 Å². The molecule has 11 nitrogen and oxygen atoms in total. The minimum Gasteiger partial charge on any atom is -0.480 e. The number of nitrogens with one attached hydrogen (secondary N) is 2. The van der Waals surface area contributed by atoms with Crippen LogP contribution in [0.15, 0.2) is 18.3 Å². The van der Waals surface area contributed by atoms with Crippen molar-refractivity contribution in [1.82, 2.24) is 19.5 Å². The largest absolute Gasteiger partial charge is 0.480 e. The van der Waals surface area contributed by atoms with E-state index in [4.69, 9.17) is 5.73 Å². The average Bonchev–Trinajstić information content (AvgIpc) is 3.13. The van der Waals surface area contributed by atoms with E-state index in [0.717, 1.165) is 30.9 Å². The number of anilines is 1. The Morgan fingerprint density at radius 2 is 2.09 bits per heavy atom. The molecule has 0 aromatic carbocycles. The van der Waals surface area contributed by atoms with Crippen molar-refractivity contribution in [1.29, 1.82) is 0 Å². The number of carboxylic acid groups (broad SMARTS) is 1. The molecule has 0 unspecified atom stereocenters. The minimum atomic E-state index is -3.82. The van der Waals surface area contributed by atoms with Crippen LogP contribution in [0.25, 0.3) is 0 Å². The third-order valence-corrected chi connectivity index (χ3v) is 6.97. The number of nitrogens with two attached hydrogens (primary N) is 1. The number of pyridine rings is 1. The van der Waals surface area contributed by atoms with Crippen LogP contribution in [0.5, 0.6) is 0 Å². The van der Waals surface area contributed by atoms with Gasteiger partial charge in [-0.2, -0.15) is 5.10 Å². The van der Waals surface area contributed by atoms with Gasteiger partial charge in [0.15, 0.2) is 0 Å². The van der Waals surface area contributed by atoms with Crippen LogP contribution in [0.4, 0.5) is 5.82 Å². The first-order valence-electron chi connectivity index (χ1n) is 10.9. The van der Waals surface area contributed by atoms with Gasteiger partial charge >= 0.3 is 5.97 Å². The lowest BCUT2D eigenvalue weighted by Gasteiger charge is -2.17. The van der Waals surface area contributed by atoms with Gasteiger partial charge in [-0.3, -0.25) is 14.3 Å². The van der Waals surface area contributed by atoms with Crippen molar-refractivity contribution in [2.75, 3.05) is 17.6 Å². The van der Waals surface area contributed by atoms with Gasteiger partial charge in [-0.15, -0.1) is 0 Å². The van der Waals surface area contributed by atoms with Crippen molar-refractivity contribution in [3.05, 3.63) is 40.8 Å². The van der Waals surface area contributed by atoms with Crippen LogP contribution in [0.3, 0.4) is 0 Å². The van der Waals surface area contributed by atoms with Crippen LogP contribution >= 0.6 is 0 Å². The fraction of sp³-hybridized carbons (Fsp3) is 0.524. The third-order valence-electron chi connectivity index (χ3n) is 5.22. The van der Waals surface area contributed by atoms with Gasteiger partial charge in [0.2, 0.25) is 10.0 Å². The van der Waals surface area contributed by atoms with Gasteiger partial charge in [0.25, 0.3) is 5.91 Å². The summed E-state index contributed by atoms with van der Waals surface area (Å²) in [5.41, 5.74) is 7.68. The molecule has 1 aliphatic heterocycles. The molecule has 180 valence electrons. The lowest BCUT2D eigenvalue weighted by molar-refractivity contribution is -0.138. The maximum absolute atomic E-state index is 12.2. The Balaban J connectivity index is 1.74. The first kappa shape index (κ1) is 24.6. The molecule has 0 bridgehead atoms. The second kappa shape index (κ2) is 10.3. The maximum atomic E-state index is 12.2. The van der Waals surface area contributed by atoms with Gasteiger partial charge in [-0.1, -0.05) is 19.9 Å². The molecule has 2 aromatic rings. The highest BCUT2D eigenvalue weighted by Gasteiger charge is 2.28. The molecule has 1 amide bonds. The number of carbonyl (C=O) groups excluding carboxylic acids is 1. The molecule has 0 fully saturated rings. The molecule has 0 aliphatic carbocycles. The van der Waals surface area contributed by atoms with E-state index in [1.807, 2.05) is 12.1 Å². The van der Waals surface area contributed by atoms with E-state index in [1.165, 1.54) is 16.4 Å². The fourth-order valence-electron chi connectivity index (χ4n) is 3.75. The fourth-order valence-corrected chi connectivity index (χ4v) is 5.34. The summed E-state index contributed by atoms with van der Waals surface area (Å²) in [5.74, 6) is -1.63. The van der Waals surface area contributed by atoms with Gasteiger partial charge in [-0.25, -0.2) is 18.1 Å². The van der Waals surface area contributed by atoms with Crippen LogP contribution in [0, 0.1) is 5.92 Å². The zero-order valence-electron chi connectivity index (χ0n) is 18.7. The highest BCUT2D eigenvalue weighted by atomic mass is 32.2. The Hall–Kier alpha value is -2.99. The number of primary amides is 1. The SMILES string of the molecule is CC(C)CS(=O)(=O)N[C@@H](Cc1nn(CCc2ccc3c(n2)NCCC3)cc1C(N)=O)C(=O)O. The molecule has 0 saturated carbocycles. The van der Waals surface area contributed by atoms with E-state index in [0.29, 0.717) is 13.0 Å². The van der Waals surface area contributed by atoms with E-state index in [9.17, 15) is 23.1 Å². The molecule has 0 saturated heterocycles. The first-order valence-corrected chi connectivity index (χ1v) is 12.5. The number of amides is 1. The summed E-state index contributed by atoms with van der Waals surface area (Å²) < 4.78 is 28.2. The van der Waals surface area contributed by atoms with Crippen LogP contribution in [0.2, 0.25) is 0 Å². The maximum Gasteiger partial charge on any atom is 0.322 e. The summed E-state index contributed by atoms with van der Waals surface area (Å²) >= 11 is 0. The monoisotopic (exact) mass is 478 g/mol. The number of hydrogen-bond donors (Lipinski definition) is 4. The minimum absolute atomic E-state index is 0.0596. The van der Waals surface area contributed by atoms with Gasteiger partial charge < -0.3 is 16.2 Å². The number of carboxylic acids is 1. The first-order chi connectivity index (χ1) is 15.5. The van der Waals surface area contributed by atoms with Gasteiger partial charge in [0.1, 0.15) is 11.9 Å². The Bertz CT molecular complexity index is 1130. The topological polar surface area (TPSA) is 169 Å². The number of aliphatic carboxylic acids is 1. The molecule has 1 aliphatic rings. The van der Waals surface area contributed by atoms with E-state index in [-0.39, 0.29) is 29.3 Å². The Morgan fingerprint density at radius 3 is 2.76 bits per heavy atom. The number of fused-ring (bicyclic) bond motifs is 1. The number of hydrogen-bond acceptors (Lipinski definition) is 7. The van der Waals surface area contributed by atoms with Crippen molar-refractivity contribution >= 4 is 27.7 Å². The van der Waals surface area contributed by atoms with Crippen LogP contribution < -0.4 is 15.8 Å². The molecular weight excluding hydrogens is 448 g/mol. The molecule has 12 heteroatoms. The van der Waals surface area contributed by atoms with Gasteiger partial charge in [0, 0.05) is 37.8 Å². The van der Waals surface area contributed by atoms with Gasteiger partial charge in [-0.05, 0) is 30.4 Å². The molecule has 0 radical (unpaired) electrons. The number of rotatable bonds is 11. The predicted molar refractivity (Wildman–Crippen MR) is 122 cm³/mol. The second-order valence-corrected chi connectivity index (χ2v) is 10.4. The molecule has 1 atom stereocenters. The van der Waals surface area contributed by atoms with E-state index >= 15 is 0 Å². The van der Waals surface area contributed by atoms with Crippen molar-refractivity contribution < 1.29 is 23.1 Å². The predicted octanol–water partition coefficient (Wildman–Crippen LogP) is 0.549. The number of aromatic nitrogens is 3. The third kappa shape index (κ3) is 6.75. The van der Waals surface area contributed by atoms with Crippen molar-refractivity contribution in [3.63, 3.8) is 0 Å². The summed E-state index contributed by atoms with van der Waals surface area (Å²) in [7, 11) is -3.82. The normalized spacial score (nSPS) is 14.5. The van der Waals surface area contributed by atoms with E-state index in [1.54, 1.807) is 13.8 Å². The highest BCUT2D eigenvalue weighted by Crippen LogP contribution is 2.20. The van der Waals surface area contributed by atoms with Crippen molar-refractivity contribution in [3.8, 4) is 0 Å². The van der Waals surface area contributed by atoms with E-state index < -0.39 is 27.9 Å². The summed E-state index contributed by atoms with van der Waals surface area (Å²) in [4.78, 5) is 28.2. The lowest BCUT2D eigenvalue weighted by atomic mass is 10.1. The Kier molecular flexibility index (Phi) is 7.69. The molecule has 0 spiro atoms. The molecule has 2 aromatic heterocycles. The summed E-state index contributed by atoms with van der Waals surface area (Å²) in [6.45, 7) is 4.72. The standard InChI is InChI=1S/C21H30N6O5S/c1-13(2)12-33(31,32)26-18(21(29)30)10-17-16(19(22)28)11-27(25-17)9-7-15-6-5-14-4-3-8-23-20(14)24-15/h5-6,11,13,18,26H,3-4,7-10,12H2,1-2H3,(H2,22,28)(H,23,24)(H,29,30)/t18-/m0/s1. The molecule has 33 heavy (non-hydrogen) atoms. The van der Waals surface area contributed by atoms with E-state index in [2.05, 4.69) is 20.1 Å². The number of carbonyl (C=O) groups is 2. The summed E-state index contributed by atoms with van der Waals surface area (Å²) in [6, 6.07) is 2.53. The summed E-state index contributed by atoms with van der Waals surface area (Å²) in [5, 5.41) is 17.1. The lowest BCUT2D eigenvalue weighted by Crippen LogP contribution is -2.44. The van der Waals surface area contributed by atoms with Crippen LogP contribution in [-0.2, 0) is 40.6 Å². The molecule has 3 rings (SSSR count). The Labute approximate surface area is 192 Å². The smallest absolute Gasteiger partial charge is 0.322 e. The van der Waals surface area contributed by atoms with Crippen LogP contribution in [0.1, 0.15) is 47.6 Å². The Morgan fingerprint density at radius 1 is 1.33 bits per heavy atom. The quantitative estimate of drug-likeness (QED) is 0.363. The van der Waals surface area contributed by atoms with Crippen molar-refractivity contribution in [2.45, 2.75) is 52.1 Å².